The van der Waals surface area contributed by atoms with Crippen LogP contribution in [0.5, 0.6) is 0 Å². The maximum absolute atomic E-state index is 16.2. The number of ether oxygens (including phenoxy) is 1. The van der Waals surface area contributed by atoms with Crippen LogP contribution in [0, 0.1) is 25.6 Å². The number of aliphatic hydroxyl groups excluding tert-OH is 2. The van der Waals surface area contributed by atoms with Gasteiger partial charge in [0.2, 0.25) is 5.91 Å². The number of nitrogens with zero attached hydrogens (tertiary/aromatic N) is 2. The molecule has 1 amide bonds. The van der Waals surface area contributed by atoms with Gasteiger partial charge in [0.1, 0.15) is 23.8 Å². The van der Waals surface area contributed by atoms with Crippen LogP contribution in [0.3, 0.4) is 0 Å². The highest BCUT2D eigenvalue weighted by molar-refractivity contribution is 5.85. The first-order valence-electron chi connectivity index (χ1n) is 17.8. The normalized spacial score (nSPS) is 17.6. The summed E-state index contributed by atoms with van der Waals surface area (Å²) in [5, 5.41) is 23.4. The summed E-state index contributed by atoms with van der Waals surface area (Å²) in [5.74, 6) is -2.68. The summed E-state index contributed by atoms with van der Waals surface area (Å²) in [6, 6.07) is 4.95. The summed E-state index contributed by atoms with van der Waals surface area (Å²) >= 11 is 0. The maximum Gasteiger partial charge on any atom is 0.416 e. The zero-order valence-corrected chi connectivity index (χ0v) is 30.5. The van der Waals surface area contributed by atoms with E-state index in [2.05, 4.69) is 5.32 Å². The van der Waals surface area contributed by atoms with Crippen LogP contribution in [0.4, 0.5) is 22.0 Å². The Labute approximate surface area is 309 Å². The minimum atomic E-state index is -4.92. The van der Waals surface area contributed by atoms with Gasteiger partial charge < -0.3 is 20.3 Å². The molecule has 5 rings (SSSR count). The van der Waals surface area contributed by atoms with Crippen molar-refractivity contribution in [3.8, 4) is 0 Å². The van der Waals surface area contributed by atoms with Crippen LogP contribution in [0.1, 0.15) is 83.3 Å². The van der Waals surface area contributed by atoms with Crippen LogP contribution in [-0.2, 0) is 33.5 Å². The number of benzene rings is 2. The number of amides is 1. The number of carbonyl (C=O) groups excluding carboxylic acids is 2. The molecule has 9 nitrogen and oxygen atoms in total. The molecule has 2 heterocycles. The molecule has 0 spiro atoms. The fourth-order valence-electron chi connectivity index (χ4n) is 7.08. The lowest BCUT2D eigenvalue weighted by Gasteiger charge is -2.34. The van der Waals surface area contributed by atoms with E-state index in [1.807, 2.05) is 6.92 Å². The molecule has 2 aliphatic rings. The van der Waals surface area contributed by atoms with Gasteiger partial charge >= 0.3 is 12.1 Å². The second-order valence-electron chi connectivity index (χ2n) is 13.9. The number of nitrogens with one attached hydrogen (secondary N) is 1. The molecule has 1 fully saturated rings. The zero-order valence-electron chi connectivity index (χ0n) is 30.5. The quantitative estimate of drug-likeness (QED) is 0.133. The number of allylic oxidation sites excluding steroid dienone is 3. The van der Waals surface area contributed by atoms with E-state index in [4.69, 9.17) is 4.74 Å². The number of rotatable bonds is 13. The summed E-state index contributed by atoms with van der Waals surface area (Å²) in [5.41, 5.74) is -0.699. The maximum atomic E-state index is 16.2. The summed E-state index contributed by atoms with van der Waals surface area (Å²) in [6.07, 6.45) is -1.87. The van der Waals surface area contributed by atoms with E-state index in [-0.39, 0.29) is 66.6 Å². The number of alkyl halides is 4. The third-order valence-electron chi connectivity index (χ3n) is 9.92. The molecule has 14 heteroatoms. The number of hydrogen-bond donors (Lipinski definition) is 3. The average molecular weight is 758 g/mol. The lowest BCUT2D eigenvalue weighted by molar-refractivity contribution is -0.144. The molecule has 290 valence electrons. The fraction of sp³-hybridized carbons (Fsp3) is 0.425. The average Bonchev–Trinajstić information content (AvgIpc) is 3.08. The van der Waals surface area contributed by atoms with Gasteiger partial charge in [-0.2, -0.15) is 13.2 Å². The monoisotopic (exact) mass is 757 g/mol. The number of aryl methyl sites for hydroxylation is 2. The number of halogens is 5. The van der Waals surface area contributed by atoms with Gasteiger partial charge in [-0.1, -0.05) is 31.2 Å². The van der Waals surface area contributed by atoms with Gasteiger partial charge in [0, 0.05) is 43.0 Å². The second kappa shape index (κ2) is 16.7. The highest BCUT2D eigenvalue weighted by Crippen LogP contribution is 2.37. The van der Waals surface area contributed by atoms with Gasteiger partial charge in [0.25, 0.3) is 5.56 Å². The number of aromatic nitrogens is 1. The molecule has 3 aromatic rings. The van der Waals surface area contributed by atoms with Crippen molar-refractivity contribution in [1.82, 2.24) is 14.8 Å². The van der Waals surface area contributed by atoms with Gasteiger partial charge in [0.05, 0.1) is 31.2 Å². The Morgan fingerprint density at radius 2 is 1.80 bits per heavy atom. The number of esters is 1. The predicted octanol–water partition coefficient (Wildman–Crippen LogP) is 6.58. The first-order chi connectivity index (χ1) is 25.5. The molecule has 2 aromatic carbocycles. The molecule has 54 heavy (non-hydrogen) atoms. The molecule has 0 saturated carbocycles. The Morgan fingerprint density at radius 3 is 2.43 bits per heavy atom. The van der Waals surface area contributed by atoms with Crippen LogP contribution < -0.4 is 10.9 Å². The van der Waals surface area contributed by atoms with E-state index in [1.165, 1.54) is 25.1 Å². The molecule has 1 aromatic heterocycles. The number of likely N-dealkylation sites (tertiary alicyclic amines) is 1. The molecule has 1 aliphatic carbocycles. The van der Waals surface area contributed by atoms with Gasteiger partial charge in [-0.15, -0.1) is 0 Å². The molecule has 3 N–H and O–H groups in total. The molecule has 1 saturated heterocycles. The van der Waals surface area contributed by atoms with E-state index in [0.717, 1.165) is 10.8 Å². The minimum absolute atomic E-state index is 0.0193. The van der Waals surface area contributed by atoms with Crippen molar-refractivity contribution in [2.75, 3.05) is 26.2 Å². The first kappa shape index (κ1) is 40.4. The first-order valence-corrected chi connectivity index (χ1v) is 17.8. The van der Waals surface area contributed by atoms with Crippen molar-refractivity contribution in [2.24, 2.45) is 5.92 Å². The Hall–Kier alpha value is -4.82. The second-order valence-corrected chi connectivity index (χ2v) is 13.9. The van der Waals surface area contributed by atoms with Crippen molar-refractivity contribution in [2.45, 2.75) is 78.0 Å². The number of aliphatic hydroxyl groups is 2. The van der Waals surface area contributed by atoms with Crippen molar-refractivity contribution in [3.63, 3.8) is 0 Å². The van der Waals surface area contributed by atoms with E-state index < -0.39 is 66.3 Å². The van der Waals surface area contributed by atoms with Crippen LogP contribution in [0.2, 0.25) is 0 Å². The molecular weight excluding hydrogens is 713 g/mol. The molecular formula is C40H44F5N3O6. The van der Waals surface area contributed by atoms with E-state index in [9.17, 15) is 42.2 Å². The molecule has 2 unspecified atom stereocenters. The van der Waals surface area contributed by atoms with Gasteiger partial charge in [-0.3, -0.25) is 23.9 Å². The Morgan fingerprint density at radius 1 is 1.07 bits per heavy atom. The highest BCUT2D eigenvalue weighted by Gasteiger charge is 2.37. The third kappa shape index (κ3) is 8.92. The lowest BCUT2D eigenvalue weighted by atomic mass is 9.84. The summed E-state index contributed by atoms with van der Waals surface area (Å²) < 4.78 is 78.6. The number of hydrogen-bond acceptors (Lipinski definition) is 7. The van der Waals surface area contributed by atoms with E-state index >= 15 is 4.39 Å². The molecule has 1 aliphatic heterocycles. The van der Waals surface area contributed by atoms with Crippen molar-refractivity contribution in [3.05, 3.63) is 121 Å². The highest BCUT2D eigenvalue weighted by atomic mass is 19.4. The number of carbonyl (C=O) groups is 2. The molecule has 0 radical (unpaired) electrons. The van der Waals surface area contributed by atoms with Gasteiger partial charge in [0.15, 0.2) is 0 Å². The van der Waals surface area contributed by atoms with Crippen molar-refractivity contribution < 1.29 is 46.5 Å². The Bertz CT molecular complexity index is 2020. The Kier molecular flexibility index (Phi) is 12.5. The lowest BCUT2D eigenvalue weighted by Crippen LogP contribution is -2.49. The van der Waals surface area contributed by atoms with Crippen molar-refractivity contribution >= 4 is 17.4 Å². The van der Waals surface area contributed by atoms with Crippen molar-refractivity contribution in [1.29, 1.82) is 0 Å². The zero-order chi connectivity index (χ0) is 39.5. The van der Waals surface area contributed by atoms with E-state index in [0.29, 0.717) is 34.8 Å². The van der Waals surface area contributed by atoms with Gasteiger partial charge in [-0.05, 0) is 91.1 Å². The number of pyridine rings is 1. The molecule has 3 atom stereocenters. The predicted molar refractivity (Wildman–Crippen MR) is 192 cm³/mol. The van der Waals surface area contributed by atoms with Crippen LogP contribution in [0.25, 0.3) is 5.57 Å². The van der Waals surface area contributed by atoms with E-state index in [1.54, 1.807) is 43.0 Å². The third-order valence-corrected chi connectivity index (χ3v) is 9.92. The summed E-state index contributed by atoms with van der Waals surface area (Å²) in [6.45, 7) is 6.28. The fourth-order valence-corrected chi connectivity index (χ4v) is 7.08. The topological polar surface area (TPSA) is 121 Å². The smallest absolute Gasteiger partial charge is 0.416 e. The Balaban J connectivity index is 1.66. The van der Waals surface area contributed by atoms with Crippen LogP contribution in [-0.4, -0.2) is 64.0 Å². The minimum Gasteiger partial charge on any atom is -0.508 e. The standard InChI is InChI=1S/C40H44F5N3O6/c1-5-54-35(52)17-32(30-15-27(13-24(4)37(30)42)36-23(3)7-6-8-33(36)50)46-39(53)38(29-14-25(21-49)10-9-22(29)2)48-18-26(11-12-47-19-28(41)20-47)31(16-34(48)51)40(43,44)45/h6,8-10,13-16,18,23,28,32,38,49-50H,5,7,11-12,17,19-21H2,1-4H3,(H,46,53)/t23?,32-,38?/m0/s1. The summed E-state index contributed by atoms with van der Waals surface area (Å²) in [7, 11) is 0. The molecule has 0 bridgehead atoms. The van der Waals surface area contributed by atoms with Crippen LogP contribution >= 0.6 is 0 Å². The largest absolute Gasteiger partial charge is 0.508 e. The van der Waals surface area contributed by atoms with Gasteiger partial charge in [-0.25, -0.2) is 8.78 Å². The van der Waals surface area contributed by atoms with Crippen LogP contribution in [0.15, 0.2) is 65.3 Å². The summed E-state index contributed by atoms with van der Waals surface area (Å²) in [4.78, 5) is 43.0. The SMILES string of the molecule is CCOC(=O)C[C@H](NC(=O)C(c1cc(CO)ccc1C)n1cc(CCN2CC(F)C2)c(C(F)(F)F)cc1=O)c1cc(C2=C(O)C=CCC2C)cc(C)c1F.